The summed E-state index contributed by atoms with van der Waals surface area (Å²) in [5.74, 6) is 0.410. The first-order chi connectivity index (χ1) is 13.0. The zero-order chi connectivity index (χ0) is 19.4. The minimum Gasteiger partial charge on any atom is -0.497 e. The fourth-order valence-electron chi connectivity index (χ4n) is 3.34. The van der Waals surface area contributed by atoms with Crippen LogP contribution in [0.4, 0.5) is 4.79 Å². The number of carboxylic acid groups (broad SMARTS) is 1. The van der Waals surface area contributed by atoms with Crippen LogP contribution in [0.15, 0.2) is 53.0 Å². The number of benzene rings is 2. The van der Waals surface area contributed by atoms with Crippen molar-refractivity contribution in [1.29, 1.82) is 0 Å². The zero-order valence-corrected chi connectivity index (χ0v) is 16.5. The molecule has 1 fully saturated rings. The molecule has 7 heteroatoms. The highest BCUT2D eigenvalue weighted by molar-refractivity contribution is 9.10. The molecular formula is C20H21BrN2O4. The SMILES string of the molecule is COc1ccc(C(=O)NC2CCN(C(=O)O)CC2c2ccc(Br)cc2)cc1. The summed E-state index contributed by atoms with van der Waals surface area (Å²) in [6.45, 7) is 0.750. The third kappa shape index (κ3) is 4.60. The lowest BCUT2D eigenvalue weighted by molar-refractivity contribution is 0.0888. The van der Waals surface area contributed by atoms with E-state index >= 15 is 0 Å². The lowest BCUT2D eigenvalue weighted by atomic mass is 9.86. The summed E-state index contributed by atoms with van der Waals surface area (Å²) in [5, 5.41) is 12.4. The number of amides is 2. The Kier molecular flexibility index (Phi) is 6.01. The van der Waals surface area contributed by atoms with Crippen molar-refractivity contribution in [2.45, 2.75) is 18.4 Å². The molecule has 0 spiro atoms. The van der Waals surface area contributed by atoms with Crippen molar-refractivity contribution in [2.75, 3.05) is 20.2 Å². The number of nitrogens with zero attached hydrogens (tertiary/aromatic N) is 1. The second-order valence-corrected chi connectivity index (χ2v) is 7.40. The van der Waals surface area contributed by atoms with Crippen LogP contribution >= 0.6 is 15.9 Å². The van der Waals surface area contributed by atoms with Gasteiger partial charge in [0, 0.05) is 35.1 Å². The summed E-state index contributed by atoms with van der Waals surface area (Å²) in [6.07, 6.45) is -0.369. The van der Waals surface area contributed by atoms with E-state index in [9.17, 15) is 14.7 Å². The molecule has 2 amide bonds. The quantitative estimate of drug-likeness (QED) is 0.771. The first kappa shape index (κ1) is 19.2. The predicted octanol–water partition coefficient (Wildman–Crippen LogP) is 3.72. The number of hydrogen-bond acceptors (Lipinski definition) is 3. The average molecular weight is 433 g/mol. The molecule has 0 bridgehead atoms. The molecule has 1 heterocycles. The summed E-state index contributed by atoms with van der Waals surface area (Å²) in [6, 6.07) is 14.6. The largest absolute Gasteiger partial charge is 0.497 e. The Hall–Kier alpha value is -2.54. The van der Waals surface area contributed by atoms with Gasteiger partial charge in [0.2, 0.25) is 0 Å². The van der Waals surface area contributed by atoms with Crippen LogP contribution in [-0.4, -0.2) is 48.2 Å². The number of halogens is 1. The summed E-state index contributed by atoms with van der Waals surface area (Å²) < 4.78 is 6.08. The molecule has 0 aromatic heterocycles. The Balaban J connectivity index is 1.79. The van der Waals surface area contributed by atoms with E-state index in [1.165, 1.54) is 4.90 Å². The van der Waals surface area contributed by atoms with E-state index in [1.807, 2.05) is 24.3 Å². The summed E-state index contributed by atoms with van der Waals surface area (Å²) in [5.41, 5.74) is 1.55. The number of likely N-dealkylation sites (tertiary alicyclic amines) is 1. The first-order valence-corrected chi connectivity index (χ1v) is 9.45. The molecule has 2 N–H and O–H groups in total. The molecule has 2 aromatic rings. The van der Waals surface area contributed by atoms with Gasteiger partial charge in [0.1, 0.15) is 5.75 Å². The standard InChI is InChI=1S/C20H21BrN2O4/c1-27-16-8-4-14(5-9-16)19(24)22-18-10-11-23(20(25)26)12-17(18)13-2-6-15(21)7-3-13/h2-9,17-18H,10-12H2,1H3,(H,22,24)(H,25,26). The molecule has 0 radical (unpaired) electrons. The highest BCUT2D eigenvalue weighted by atomic mass is 79.9. The van der Waals surface area contributed by atoms with Crippen LogP contribution in [0.3, 0.4) is 0 Å². The fourth-order valence-corrected chi connectivity index (χ4v) is 3.60. The Morgan fingerprint density at radius 2 is 1.81 bits per heavy atom. The number of ether oxygens (including phenoxy) is 1. The number of rotatable bonds is 4. The minimum absolute atomic E-state index is 0.106. The monoisotopic (exact) mass is 432 g/mol. The molecular weight excluding hydrogens is 412 g/mol. The lowest BCUT2D eigenvalue weighted by Gasteiger charge is -2.38. The van der Waals surface area contributed by atoms with Crippen LogP contribution in [0, 0.1) is 0 Å². The molecule has 1 saturated heterocycles. The van der Waals surface area contributed by atoms with Gasteiger partial charge < -0.3 is 20.1 Å². The van der Waals surface area contributed by atoms with E-state index in [4.69, 9.17) is 4.74 Å². The molecule has 2 unspecified atom stereocenters. The normalized spacial score (nSPS) is 19.4. The molecule has 142 valence electrons. The molecule has 6 nitrogen and oxygen atoms in total. The van der Waals surface area contributed by atoms with Crippen molar-refractivity contribution in [3.8, 4) is 5.75 Å². The molecule has 27 heavy (non-hydrogen) atoms. The van der Waals surface area contributed by atoms with Crippen molar-refractivity contribution < 1.29 is 19.4 Å². The van der Waals surface area contributed by atoms with E-state index < -0.39 is 6.09 Å². The van der Waals surface area contributed by atoms with Crippen molar-refractivity contribution in [1.82, 2.24) is 10.2 Å². The van der Waals surface area contributed by atoms with Gasteiger partial charge in [-0.15, -0.1) is 0 Å². The number of carbonyl (C=O) groups is 2. The van der Waals surface area contributed by atoms with Crippen molar-refractivity contribution in [3.63, 3.8) is 0 Å². The molecule has 3 rings (SSSR count). The van der Waals surface area contributed by atoms with Crippen LogP contribution in [0.5, 0.6) is 5.75 Å². The van der Waals surface area contributed by atoms with Gasteiger partial charge in [-0.25, -0.2) is 4.79 Å². The fraction of sp³-hybridized carbons (Fsp3) is 0.300. The van der Waals surface area contributed by atoms with Gasteiger partial charge in [-0.1, -0.05) is 28.1 Å². The van der Waals surface area contributed by atoms with E-state index in [1.54, 1.807) is 31.4 Å². The number of carbonyl (C=O) groups excluding carboxylic acids is 1. The summed E-state index contributed by atoms with van der Waals surface area (Å²) in [4.78, 5) is 25.5. The Morgan fingerprint density at radius 1 is 1.15 bits per heavy atom. The van der Waals surface area contributed by atoms with E-state index in [2.05, 4.69) is 21.2 Å². The van der Waals surface area contributed by atoms with Gasteiger partial charge in [-0.05, 0) is 48.4 Å². The van der Waals surface area contributed by atoms with Crippen LogP contribution < -0.4 is 10.1 Å². The van der Waals surface area contributed by atoms with Gasteiger partial charge in [-0.3, -0.25) is 4.79 Å². The summed E-state index contributed by atoms with van der Waals surface area (Å²) in [7, 11) is 1.58. The Morgan fingerprint density at radius 3 is 2.41 bits per heavy atom. The van der Waals surface area contributed by atoms with Crippen LogP contribution in [0.2, 0.25) is 0 Å². The van der Waals surface area contributed by atoms with Crippen molar-refractivity contribution in [2.24, 2.45) is 0 Å². The molecule has 2 aromatic carbocycles. The average Bonchev–Trinajstić information content (AvgIpc) is 2.69. The lowest BCUT2D eigenvalue weighted by Crippen LogP contribution is -2.51. The van der Waals surface area contributed by atoms with E-state index in [0.29, 0.717) is 30.8 Å². The molecule has 0 saturated carbocycles. The maximum absolute atomic E-state index is 12.7. The van der Waals surface area contributed by atoms with E-state index in [-0.39, 0.29) is 17.9 Å². The smallest absolute Gasteiger partial charge is 0.407 e. The second-order valence-electron chi connectivity index (χ2n) is 6.48. The number of methoxy groups -OCH3 is 1. The Labute approximate surface area is 166 Å². The molecule has 1 aliphatic heterocycles. The number of piperidine rings is 1. The number of hydrogen-bond donors (Lipinski definition) is 2. The van der Waals surface area contributed by atoms with Crippen LogP contribution in [0.1, 0.15) is 28.3 Å². The third-order valence-corrected chi connectivity index (χ3v) is 5.38. The summed E-state index contributed by atoms with van der Waals surface area (Å²) >= 11 is 3.42. The number of nitrogens with one attached hydrogen (secondary N) is 1. The zero-order valence-electron chi connectivity index (χ0n) is 14.9. The highest BCUT2D eigenvalue weighted by Crippen LogP contribution is 2.29. The Bertz CT molecular complexity index is 808. The topological polar surface area (TPSA) is 78.9 Å². The van der Waals surface area contributed by atoms with Gasteiger partial charge in [0.05, 0.1) is 7.11 Å². The first-order valence-electron chi connectivity index (χ1n) is 8.66. The van der Waals surface area contributed by atoms with Gasteiger partial charge in [-0.2, -0.15) is 0 Å². The van der Waals surface area contributed by atoms with Gasteiger partial charge in [0.25, 0.3) is 5.91 Å². The highest BCUT2D eigenvalue weighted by Gasteiger charge is 2.33. The van der Waals surface area contributed by atoms with E-state index in [0.717, 1.165) is 10.0 Å². The van der Waals surface area contributed by atoms with Crippen LogP contribution in [0.25, 0.3) is 0 Å². The van der Waals surface area contributed by atoms with Crippen molar-refractivity contribution in [3.05, 3.63) is 64.1 Å². The minimum atomic E-state index is -0.933. The molecule has 2 atom stereocenters. The maximum atomic E-state index is 12.7. The van der Waals surface area contributed by atoms with Gasteiger partial charge >= 0.3 is 6.09 Å². The third-order valence-electron chi connectivity index (χ3n) is 4.85. The molecule has 0 aliphatic carbocycles. The second kappa shape index (κ2) is 8.43. The van der Waals surface area contributed by atoms with Crippen molar-refractivity contribution >= 4 is 27.9 Å². The molecule has 1 aliphatic rings. The van der Waals surface area contributed by atoms with Crippen LogP contribution in [-0.2, 0) is 0 Å². The predicted molar refractivity (Wildman–Crippen MR) is 105 cm³/mol. The maximum Gasteiger partial charge on any atom is 0.407 e. The van der Waals surface area contributed by atoms with Gasteiger partial charge in [0.15, 0.2) is 0 Å².